The molecular formula is C10H7BrFN5O2. The van der Waals surface area contributed by atoms with Crippen LogP contribution in [0.15, 0.2) is 28.9 Å². The van der Waals surface area contributed by atoms with Crippen LogP contribution in [0.4, 0.5) is 27.5 Å². The van der Waals surface area contributed by atoms with Crippen molar-refractivity contribution in [3.05, 3.63) is 44.8 Å². The van der Waals surface area contributed by atoms with Gasteiger partial charge in [-0.2, -0.15) is 4.98 Å². The highest BCUT2D eigenvalue weighted by Gasteiger charge is 2.18. The monoisotopic (exact) mass is 327 g/mol. The Morgan fingerprint density at radius 2 is 2.21 bits per heavy atom. The van der Waals surface area contributed by atoms with Crippen molar-refractivity contribution in [3.8, 4) is 0 Å². The maximum Gasteiger partial charge on any atom is 0.329 e. The molecule has 1 aromatic carbocycles. The van der Waals surface area contributed by atoms with Gasteiger partial charge in [0.2, 0.25) is 11.8 Å². The molecule has 0 fully saturated rings. The summed E-state index contributed by atoms with van der Waals surface area (Å²) in [4.78, 5) is 17.4. The standard InChI is InChI=1S/C10H7BrFN5O2/c11-5-1-2-6(12)7(3-5)15-9-8(17(18)19)4-14-10(13)16-9/h1-4H,(H3,13,14,15,16). The summed E-state index contributed by atoms with van der Waals surface area (Å²) in [5.41, 5.74) is 5.00. The van der Waals surface area contributed by atoms with Gasteiger partial charge in [0.1, 0.15) is 12.0 Å². The SMILES string of the molecule is Nc1ncc([N+](=O)[O-])c(Nc2cc(Br)ccc2F)n1. The van der Waals surface area contributed by atoms with E-state index < -0.39 is 16.4 Å². The first-order valence-electron chi connectivity index (χ1n) is 4.96. The molecule has 0 amide bonds. The van der Waals surface area contributed by atoms with Gasteiger partial charge >= 0.3 is 5.69 Å². The third-order valence-electron chi connectivity index (χ3n) is 2.17. The largest absolute Gasteiger partial charge is 0.368 e. The van der Waals surface area contributed by atoms with Crippen molar-refractivity contribution in [1.82, 2.24) is 9.97 Å². The van der Waals surface area contributed by atoms with E-state index in [0.29, 0.717) is 4.47 Å². The van der Waals surface area contributed by atoms with Crippen LogP contribution in [-0.4, -0.2) is 14.9 Å². The summed E-state index contributed by atoms with van der Waals surface area (Å²) >= 11 is 3.17. The third kappa shape index (κ3) is 2.94. The number of nitrogens with zero attached hydrogens (tertiary/aromatic N) is 3. The van der Waals surface area contributed by atoms with Crippen molar-refractivity contribution < 1.29 is 9.31 Å². The second-order valence-electron chi connectivity index (χ2n) is 3.47. The van der Waals surface area contributed by atoms with Crippen LogP contribution in [0, 0.1) is 15.9 Å². The van der Waals surface area contributed by atoms with E-state index in [-0.39, 0.29) is 17.5 Å². The number of halogens is 2. The lowest BCUT2D eigenvalue weighted by atomic mass is 10.3. The minimum atomic E-state index is -0.683. The summed E-state index contributed by atoms with van der Waals surface area (Å²) in [7, 11) is 0. The molecule has 0 spiro atoms. The number of nitrogen functional groups attached to an aromatic ring is 1. The molecule has 2 rings (SSSR count). The minimum Gasteiger partial charge on any atom is -0.368 e. The van der Waals surface area contributed by atoms with Crippen LogP contribution < -0.4 is 11.1 Å². The summed E-state index contributed by atoms with van der Waals surface area (Å²) < 4.78 is 14.2. The van der Waals surface area contributed by atoms with Gasteiger partial charge in [-0.25, -0.2) is 9.37 Å². The first-order valence-corrected chi connectivity index (χ1v) is 5.75. The molecule has 0 aliphatic carbocycles. The van der Waals surface area contributed by atoms with Gasteiger partial charge < -0.3 is 11.1 Å². The normalized spacial score (nSPS) is 10.2. The lowest BCUT2D eigenvalue weighted by Crippen LogP contribution is -2.05. The van der Waals surface area contributed by atoms with Crippen molar-refractivity contribution in [2.45, 2.75) is 0 Å². The van der Waals surface area contributed by atoms with Gasteiger partial charge in [-0.3, -0.25) is 10.1 Å². The molecule has 3 N–H and O–H groups in total. The third-order valence-corrected chi connectivity index (χ3v) is 2.66. The summed E-state index contributed by atoms with van der Waals surface area (Å²) in [5, 5.41) is 13.3. The molecule has 9 heteroatoms. The van der Waals surface area contributed by atoms with Gasteiger partial charge in [0.05, 0.1) is 10.6 Å². The minimum absolute atomic E-state index is 0.0376. The average Bonchev–Trinajstić information content (AvgIpc) is 2.33. The van der Waals surface area contributed by atoms with Gasteiger partial charge in [-0.15, -0.1) is 0 Å². The maximum atomic E-state index is 13.6. The van der Waals surface area contributed by atoms with Gasteiger partial charge in [-0.05, 0) is 18.2 Å². The molecule has 1 aromatic heterocycles. The van der Waals surface area contributed by atoms with Crippen molar-refractivity contribution in [3.63, 3.8) is 0 Å². The van der Waals surface area contributed by atoms with E-state index in [2.05, 4.69) is 31.2 Å². The highest BCUT2D eigenvalue weighted by atomic mass is 79.9. The number of nitrogens with two attached hydrogens (primary N) is 1. The number of hydrogen-bond acceptors (Lipinski definition) is 6. The van der Waals surface area contributed by atoms with Gasteiger partial charge in [0.25, 0.3) is 0 Å². The Kier molecular flexibility index (Phi) is 3.56. The zero-order valence-electron chi connectivity index (χ0n) is 9.30. The second kappa shape index (κ2) is 5.14. The van der Waals surface area contributed by atoms with Gasteiger partial charge in [0.15, 0.2) is 0 Å². The number of anilines is 3. The van der Waals surface area contributed by atoms with Crippen molar-refractivity contribution in [2.24, 2.45) is 0 Å². The summed E-state index contributed by atoms with van der Waals surface area (Å²) in [6.07, 6.45) is 0.959. The van der Waals surface area contributed by atoms with Crippen LogP contribution in [-0.2, 0) is 0 Å². The molecule has 7 nitrogen and oxygen atoms in total. The molecule has 0 saturated carbocycles. The van der Waals surface area contributed by atoms with E-state index >= 15 is 0 Å². The maximum absolute atomic E-state index is 13.6. The van der Waals surface area contributed by atoms with Crippen molar-refractivity contribution in [1.29, 1.82) is 0 Å². The number of hydrogen-bond donors (Lipinski definition) is 2. The molecule has 0 aliphatic rings. The molecule has 0 bridgehead atoms. The summed E-state index contributed by atoms with van der Waals surface area (Å²) in [6, 6.07) is 4.14. The van der Waals surface area contributed by atoms with E-state index in [0.717, 1.165) is 6.20 Å². The molecule has 2 aromatic rings. The van der Waals surface area contributed by atoms with E-state index in [4.69, 9.17) is 5.73 Å². The van der Waals surface area contributed by atoms with Crippen LogP contribution in [0.5, 0.6) is 0 Å². The zero-order chi connectivity index (χ0) is 14.0. The molecule has 98 valence electrons. The number of nitro groups is 1. The lowest BCUT2D eigenvalue weighted by Gasteiger charge is -2.07. The molecule has 0 saturated heterocycles. The molecule has 1 heterocycles. The Morgan fingerprint density at radius 1 is 1.47 bits per heavy atom. The molecule has 0 aliphatic heterocycles. The van der Waals surface area contributed by atoms with Crippen molar-refractivity contribution in [2.75, 3.05) is 11.1 Å². The fraction of sp³-hybridized carbons (Fsp3) is 0. The zero-order valence-corrected chi connectivity index (χ0v) is 10.9. The van der Waals surface area contributed by atoms with E-state index in [1.54, 1.807) is 0 Å². The molecular weight excluding hydrogens is 321 g/mol. The number of benzene rings is 1. The predicted molar refractivity (Wildman–Crippen MR) is 70.5 cm³/mol. The van der Waals surface area contributed by atoms with Gasteiger partial charge in [-0.1, -0.05) is 15.9 Å². The Morgan fingerprint density at radius 3 is 2.89 bits per heavy atom. The Labute approximate surface area is 115 Å². The van der Waals surface area contributed by atoms with Crippen LogP contribution in [0.2, 0.25) is 0 Å². The van der Waals surface area contributed by atoms with Crippen LogP contribution in [0.3, 0.4) is 0 Å². The van der Waals surface area contributed by atoms with E-state index in [9.17, 15) is 14.5 Å². The van der Waals surface area contributed by atoms with Crippen LogP contribution in [0.25, 0.3) is 0 Å². The van der Waals surface area contributed by atoms with Crippen LogP contribution >= 0.6 is 15.9 Å². The first kappa shape index (κ1) is 13.1. The van der Waals surface area contributed by atoms with Crippen LogP contribution in [0.1, 0.15) is 0 Å². The Hall–Kier alpha value is -2.29. The summed E-state index contributed by atoms with van der Waals surface area (Å²) in [6.45, 7) is 0. The van der Waals surface area contributed by atoms with E-state index in [1.165, 1.54) is 18.2 Å². The lowest BCUT2D eigenvalue weighted by molar-refractivity contribution is -0.384. The first-order chi connectivity index (χ1) is 8.97. The van der Waals surface area contributed by atoms with Gasteiger partial charge in [0, 0.05) is 4.47 Å². The van der Waals surface area contributed by atoms with E-state index in [1.807, 2.05) is 0 Å². The predicted octanol–water partition coefficient (Wildman–Crippen LogP) is 2.61. The summed E-state index contributed by atoms with van der Waals surface area (Å²) in [5.74, 6) is -0.896. The molecule has 0 radical (unpaired) electrons. The number of aromatic nitrogens is 2. The number of rotatable bonds is 3. The second-order valence-corrected chi connectivity index (χ2v) is 4.38. The highest BCUT2D eigenvalue weighted by Crippen LogP contribution is 2.28. The number of nitrogens with one attached hydrogen (secondary N) is 1. The highest BCUT2D eigenvalue weighted by molar-refractivity contribution is 9.10. The molecule has 19 heavy (non-hydrogen) atoms. The average molecular weight is 328 g/mol. The fourth-order valence-corrected chi connectivity index (χ4v) is 1.70. The smallest absolute Gasteiger partial charge is 0.329 e. The quantitative estimate of drug-likeness (QED) is 0.662. The Balaban J connectivity index is 2.45. The molecule has 0 atom stereocenters. The molecule has 0 unspecified atom stereocenters. The topological polar surface area (TPSA) is 107 Å². The Bertz CT molecular complexity index is 652. The fourth-order valence-electron chi connectivity index (χ4n) is 1.34. The van der Waals surface area contributed by atoms with Crippen molar-refractivity contribution >= 4 is 39.1 Å².